The molecule has 19 heavy (non-hydrogen) atoms. The predicted molar refractivity (Wildman–Crippen MR) is 78.9 cm³/mol. The maximum absolute atomic E-state index is 5.99. The Balaban J connectivity index is 1.86. The molecule has 1 unspecified atom stereocenters. The minimum atomic E-state index is 0.310. The number of fused-ring (bicyclic) bond motifs is 1. The zero-order valence-electron chi connectivity index (χ0n) is 11.4. The van der Waals surface area contributed by atoms with E-state index in [4.69, 9.17) is 5.73 Å². The van der Waals surface area contributed by atoms with Crippen molar-refractivity contribution in [2.45, 2.75) is 18.9 Å². The van der Waals surface area contributed by atoms with Crippen LogP contribution in [-0.2, 0) is 0 Å². The van der Waals surface area contributed by atoms with E-state index in [1.54, 1.807) is 0 Å². The lowest BCUT2D eigenvalue weighted by Gasteiger charge is -2.27. The zero-order valence-corrected chi connectivity index (χ0v) is 11.4. The molecule has 1 aromatic heterocycles. The highest BCUT2D eigenvalue weighted by atomic mass is 15.1. The average molecular weight is 255 g/mol. The molecular formula is C16H21N3. The number of nitrogens with zero attached hydrogens (tertiary/aromatic N) is 2. The van der Waals surface area contributed by atoms with Crippen molar-refractivity contribution >= 4 is 10.9 Å². The summed E-state index contributed by atoms with van der Waals surface area (Å²) in [6.45, 7) is 1.82. The third-order valence-electron chi connectivity index (χ3n) is 4.01. The second kappa shape index (κ2) is 5.27. The van der Waals surface area contributed by atoms with Gasteiger partial charge in [-0.15, -0.1) is 0 Å². The normalized spacial score (nSPS) is 17.0. The van der Waals surface area contributed by atoms with Gasteiger partial charge in [0.2, 0.25) is 0 Å². The number of hydrogen-bond acceptors (Lipinski definition) is 3. The number of likely N-dealkylation sites (N-methyl/N-ethyl adjacent to an activating group) is 1. The molecule has 1 heterocycles. The van der Waals surface area contributed by atoms with E-state index in [9.17, 15) is 0 Å². The summed E-state index contributed by atoms with van der Waals surface area (Å²) >= 11 is 0. The Morgan fingerprint density at radius 2 is 2.21 bits per heavy atom. The number of nitrogens with two attached hydrogens (primary N) is 1. The van der Waals surface area contributed by atoms with Crippen LogP contribution >= 0.6 is 0 Å². The highest BCUT2D eigenvalue weighted by Crippen LogP contribution is 2.32. The van der Waals surface area contributed by atoms with Crippen LogP contribution in [0.2, 0.25) is 0 Å². The van der Waals surface area contributed by atoms with Gasteiger partial charge >= 0.3 is 0 Å². The Labute approximate surface area is 114 Å². The van der Waals surface area contributed by atoms with E-state index in [2.05, 4.69) is 41.2 Å². The van der Waals surface area contributed by atoms with Gasteiger partial charge in [0.15, 0.2) is 0 Å². The van der Waals surface area contributed by atoms with Gasteiger partial charge in [0, 0.05) is 30.7 Å². The molecule has 3 rings (SSSR count). The van der Waals surface area contributed by atoms with Gasteiger partial charge in [-0.05, 0) is 49.6 Å². The molecule has 1 aliphatic rings. The molecular weight excluding hydrogens is 234 g/mol. The Hall–Kier alpha value is -1.45. The highest BCUT2D eigenvalue weighted by molar-refractivity contribution is 5.79. The van der Waals surface area contributed by atoms with Crippen molar-refractivity contribution in [3.05, 3.63) is 42.1 Å². The third kappa shape index (κ3) is 2.77. The fraction of sp³-hybridized carbons (Fsp3) is 0.438. The largest absolute Gasteiger partial charge is 0.329 e. The van der Waals surface area contributed by atoms with Gasteiger partial charge in [-0.2, -0.15) is 0 Å². The predicted octanol–water partition coefficient (Wildman–Crippen LogP) is 2.58. The Kier molecular flexibility index (Phi) is 3.49. The molecule has 0 aliphatic heterocycles. The van der Waals surface area contributed by atoms with Crippen molar-refractivity contribution in [3.8, 4) is 0 Å². The lowest BCUT2D eigenvalue weighted by atomic mass is 10.0. The molecule has 100 valence electrons. The molecule has 0 radical (unpaired) electrons. The SMILES string of the molecule is CN(CC1CC1)C(CN)c1ccc2ncccc2c1. The van der Waals surface area contributed by atoms with Gasteiger partial charge < -0.3 is 5.73 Å². The van der Waals surface area contributed by atoms with Crippen LogP contribution in [0.4, 0.5) is 0 Å². The van der Waals surface area contributed by atoms with Gasteiger partial charge in [0.1, 0.15) is 0 Å². The summed E-state index contributed by atoms with van der Waals surface area (Å²) in [6, 6.07) is 10.9. The lowest BCUT2D eigenvalue weighted by molar-refractivity contribution is 0.240. The van der Waals surface area contributed by atoms with Crippen LogP contribution < -0.4 is 5.73 Å². The van der Waals surface area contributed by atoms with E-state index in [1.165, 1.54) is 23.8 Å². The van der Waals surface area contributed by atoms with Crippen LogP contribution in [0.15, 0.2) is 36.5 Å². The molecule has 1 atom stereocenters. The first-order valence-electron chi connectivity index (χ1n) is 7.03. The van der Waals surface area contributed by atoms with Gasteiger partial charge in [0.05, 0.1) is 5.52 Å². The lowest BCUT2D eigenvalue weighted by Crippen LogP contribution is -2.32. The topological polar surface area (TPSA) is 42.1 Å². The summed E-state index contributed by atoms with van der Waals surface area (Å²) in [5.74, 6) is 0.890. The van der Waals surface area contributed by atoms with Crippen LogP contribution in [0.5, 0.6) is 0 Å². The van der Waals surface area contributed by atoms with Gasteiger partial charge in [-0.25, -0.2) is 0 Å². The molecule has 3 nitrogen and oxygen atoms in total. The van der Waals surface area contributed by atoms with E-state index in [-0.39, 0.29) is 0 Å². The first kappa shape index (κ1) is 12.6. The van der Waals surface area contributed by atoms with Crippen molar-refractivity contribution in [2.24, 2.45) is 11.7 Å². The third-order valence-corrected chi connectivity index (χ3v) is 4.01. The smallest absolute Gasteiger partial charge is 0.0702 e. The minimum Gasteiger partial charge on any atom is -0.329 e. The van der Waals surface area contributed by atoms with Crippen molar-refractivity contribution in [1.29, 1.82) is 0 Å². The summed E-state index contributed by atoms with van der Waals surface area (Å²) < 4.78 is 0. The molecule has 0 spiro atoms. The van der Waals surface area contributed by atoms with Crippen molar-refractivity contribution < 1.29 is 0 Å². The highest BCUT2D eigenvalue weighted by Gasteiger charge is 2.26. The van der Waals surface area contributed by atoms with E-state index < -0.39 is 0 Å². The minimum absolute atomic E-state index is 0.310. The summed E-state index contributed by atoms with van der Waals surface area (Å²) in [6.07, 6.45) is 4.59. The molecule has 1 aromatic carbocycles. The van der Waals surface area contributed by atoms with Crippen LogP contribution in [0.3, 0.4) is 0 Å². The molecule has 2 aromatic rings. The molecule has 0 amide bonds. The van der Waals surface area contributed by atoms with E-state index >= 15 is 0 Å². The fourth-order valence-corrected chi connectivity index (χ4v) is 2.71. The first-order valence-corrected chi connectivity index (χ1v) is 7.03. The number of benzene rings is 1. The summed E-state index contributed by atoms with van der Waals surface area (Å²) in [4.78, 5) is 6.76. The molecule has 0 bridgehead atoms. The number of aromatic nitrogens is 1. The van der Waals surface area contributed by atoms with E-state index in [1.807, 2.05) is 12.3 Å². The van der Waals surface area contributed by atoms with Crippen molar-refractivity contribution in [1.82, 2.24) is 9.88 Å². The van der Waals surface area contributed by atoms with Gasteiger partial charge in [-0.1, -0.05) is 12.1 Å². The number of hydrogen-bond donors (Lipinski definition) is 1. The molecule has 3 heteroatoms. The summed E-state index contributed by atoms with van der Waals surface area (Å²) in [7, 11) is 2.18. The maximum atomic E-state index is 5.99. The number of pyridine rings is 1. The second-order valence-corrected chi connectivity index (χ2v) is 5.59. The van der Waals surface area contributed by atoms with E-state index in [0.29, 0.717) is 12.6 Å². The second-order valence-electron chi connectivity index (χ2n) is 5.59. The first-order chi connectivity index (χ1) is 9.28. The molecule has 1 aliphatic carbocycles. The van der Waals surface area contributed by atoms with Gasteiger partial charge in [0.25, 0.3) is 0 Å². The molecule has 1 fully saturated rings. The van der Waals surface area contributed by atoms with Crippen LogP contribution in [0.25, 0.3) is 10.9 Å². The quantitative estimate of drug-likeness (QED) is 0.893. The van der Waals surface area contributed by atoms with Crippen LogP contribution in [0.1, 0.15) is 24.4 Å². The zero-order chi connectivity index (χ0) is 13.2. The summed E-state index contributed by atoms with van der Waals surface area (Å²) in [5.41, 5.74) is 8.33. The Morgan fingerprint density at radius 1 is 1.37 bits per heavy atom. The van der Waals surface area contributed by atoms with Gasteiger partial charge in [-0.3, -0.25) is 9.88 Å². The fourth-order valence-electron chi connectivity index (χ4n) is 2.71. The van der Waals surface area contributed by atoms with Crippen LogP contribution in [-0.4, -0.2) is 30.0 Å². The summed E-state index contributed by atoms with van der Waals surface area (Å²) in [5, 5.41) is 1.19. The maximum Gasteiger partial charge on any atom is 0.0702 e. The molecule has 2 N–H and O–H groups in total. The van der Waals surface area contributed by atoms with Crippen LogP contribution in [0, 0.1) is 5.92 Å². The van der Waals surface area contributed by atoms with E-state index in [0.717, 1.165) is 18.0 Å². The average Bonchev–Trinajstić information content (AvgIpc) is 3.23. The van der Waals surface area contributed by atoms with Crippen molar-refractivity contribution in [2.75, 3.05) is 20.1 Å². The Bertz CT molecular complexity index is 563. The standard InChI is InChI=1S/C16H21N3/c1-19(11-12-4-5-12)16(10-17)14-6-7-15-13(9-14)3-2-8-18-15/h2-3,6-9,12,16H,4-5,10-11,17H2,1H3. The Morgan fingerprint density at radius 3 is 2.95 bits per heavy atom. The molecule has 1 saturated carbocycles. The monoisotopic (exact) mass is 255 g/mol. The van der Waals surface area contributed by atoms with Crippen molar-refractivity contribution in [3.63, 3.8) is 0 Å². The molecule has 0 saturated heterocycles. The number of rotatable bonds is 5.